The first-order valence-corrected chi connectivity index (χ1v) is 9.92. The SMILES string of the molecule is CCC(=O)N[C@@H](CSc1c2ccccc2cn1C(CCC(=O)O)C(=O)O)C(=O)O. The largest absolute Gasteiger partial charge is 0.481 e. The number of benzene rings is 1. The summed E-state index contributed by atoms with van der Waals surface area (Å²) >= 11 is 1.11. The summed E-state index contributed by atoms with van der Waals surface area (Å²) in [4.78, 5) is 45.8. The molecule has 0 aliphatic heterocycles. The lowest BCUT2D eigenvalue weighted by Gasteiger charge is -2.19. The van der Waals surface area contributed by atoms with Crippen molar-refractivity contribution in [3.05, 3.63) is 30.5 Å². The molecular formula is C19H22N2O7S. The predicted molar refractivity (Wildman–Crippen MR) is 106 cm³/mol. The quantitative estimate of drug-likeness (QED) is 0.403. The van der Waals surface area contributed by atoms with E-state index >= 15 is 0 Å². The fraction of sp³-hybridized carbons (Fsp3) is 0.368. The topological polar surface area (TPSA) is 146 Å². The van der Waals surface area contributed by atoms with Crippen LogP contribution in [0.2, 0.25) is 0 Å². The second-order valence-corrected chi connectivity index (χ2v) is 7.35. The number of rotatable bonds is 11. The van der Waals surface area contributed by atoms with Gasteiger partial charge < -0.3 is 25.2 Å². The van der Waals surface area contributed by atoms with E-state index < -0.39 is 35.9 Å². The second kappa shape index (κ2) is 9.97. The average Bonchev–Trinajstić information content (AvgIpc) is 3.02. The molecule has 0 aliphatic rings. The summed E-state index contributed by atoms with van der Waals surface area (Å²) in [5, 5.41) is 32.4. The number of carbonyl (C=O) groups is 4. The number of carboxylic acid groups (broad SMARTS) is 3. The highest BCUT2D eigenvalue weighted by atomic mass is 32.2. The van der Waals surface area contributed by atoms with E-state index in [0.717, 1.165) is 22.5 Å². The fourth-order valence-electron chi connectivity index (χ4n) is 2.81. The van der Waals surface area contributed by atoms with Crippen molar-refractivity contribution in [3.8, 4) is 0 Å². The lowest BCUT2D eigenvalue weighted by Crippen LogP contribution is -2.42. The molecule has 156 valence electrons. The Morgan fingerprint density at radius 1 is 1.10 bits per heavy atom. The van der Waals surface area contributed by atoms with Gasteiger partial charge in [-0.15, -0.1) is 11.8 Å². The number of hydrogen-bond acceptors (Lipinski definition) is 5. The van der Waals surface area contributed by atoms with E-state index in [4.69, 9.17) is 5.11 Å². The van der Waals surface area contributed by atoms with E-state index in [1.54, 1.807) is 37.4 Å². The maximum atomic E-state index is 11.8. The van der Waals surface area contributed by atoms with E-state index in [9.17, 15) is 29.4 Å². The summed E-state index contributed by atoms with van der Waals surface area (Å²) in [5.74, 6) is -3.89. The summed E-state index contributed by atoms with van der Waals surface area (Å²) in [6, 6.07) is 4.88. The van der Waals surface area contributed by atoms with Crippen LogP contribution in [0.25, 0.3) is 10.8 Å². The van der Waals surface area contributed by atoms with Gasteiger partial charge in [-0.1, -0.05) is 31.2 Å². The summed E-state index contributed by atoms with van der Waals surface area (Å²) in [6.45, 7) is 1.61. The van der Waals surface area contributed by atoms with Gasteiger partial charge in [0.25, 0.3) is 0 Å². The van der Waals surface area contributed by atoms with Crippen LogP contribution in [-0.4, -0.2) is 55.5 Å². The number of aliphatic carboxylic acids is 3. The number of carbonyl (C=O) groups excluding carboxylic acids is 1. The molecular weight excluding hydrogens is 400 g/mol. The first-order valence-electron chi connectivity index (χ1n) is 8.93. The maximum Gasteiger partial charge on any atom is 0.327 e. The van der Waals surface area contributed by atoms with Crippen molar-refractivity contribution < 1.29 is 34.5 Å². The third-order valence-corrected chi connectivity index (χ3v) is 5.50. The molecule has 0 saturated heterocycles. The van der Waals surface area contributed by atoms with Crippen LogP contribution in [0.15, 0.2) is 35.5 Å². The molecule has 1 aromatic heterocycles. The van der Waals surface area contributed by atoms with Crippen LogP contribution in [0.1, 0.15) is 32.2 Å². The van der Waals surface area contributed by atoms with E-state index in [1.807, 2.05) is 0 Å². The van der Waals surface area contributed by atoms with Gasteiger partial charge in [-0.2, -0.15) is 0 Å². The molecule has 29 heavy (non-hydrogen) atoms. The van der Waals surface area contributed by atoms with Gasteiger partial charge in [-0.3, -0.25) is 9.59 Å². The number of nitrogens with zero attached hydrogens (tertiary/aromatic N) is 1. The molecule has 2 rings (SSSR count). The highest BCUT2D eigenvalue weighted by Crippen LogP contribution is 2.34. The molecule has 1 amide bonds. The molecule has 0 radical (unpaired) electrons. The summed E-state index contributed by atoms with van der Waals surface area (Å²) < 4.78 is 1.47. The molecule has 10 heteroatoms. The van der Waals surface area contributed by atoms with Crippen LogP contribution in [0.4, 0.5) is 0 Å². The molecule has 0 saturated carbocycles. The zero-order valence-electron chi connectivity index (χ0n) is 15.7. The lowest BCUT2D eigenvalue weighted by atomic mass is 10.1. The molecule has 0 fully saturated rings. The van der Waals surface area contributed by atoms with Crippen LogP contribution >= 0.6 is 11.8 Å². The normalized spacial score (nSPS) is 13.0. The van der Waals surface area contributed by atoms with E-state index in [2.05, 4.69) is 5.32 Å². The van der Waals surface area contributed by atoms with Crippen molar-refractivity contribution in [1.82, 2.24) is 9.88 Å². The minimum atomic E-state index is -1.19. The van der Waals surface area contributed by atoms with E-state index in [0.29, 0.717) is 5.03 Å². The molecule has 0 spiro atoms. The van der Waals surface area contributed by atoms with Crippen LogP contribution in [0.5, 0.6) is 0 Å². The number of aromatic nitrogens is 1. The standard InChI is InChI=1S/C19H22N2O7S/c1-2-15(22)20-13(18(25)26)10-29-17-12-6-4-3-5-11(12)9-21(17)14(19(27)28)7-8-16(23)24/h3-6,9,13-14H,2,7-8,10H2,1H3,(H,20,22)(H,23,24)(H,25,26)(H,27,28)/t13-,14?/m0/s1. The van der Waals surface area contributed by atoms with Crippen molar-refractivity contribution in [2.75, 3.05) is 5.75 Å². The average molecular weight is 422 g/mol. The van der Waals surface area contributed by atoms with Crippen molar-refractivity contribution >= 4 is 46.3 Å². The van der Waals surface area contributed by atoms with Crippen LogP contribution in [-0.2, 0) is 19.2 Å². The van der Waals surface area contributed by atoms with Gasteiger partial charge in [-0.25, -0.2) is 9.59 Å². The lowest BCUT2D eigenvalue weighted by molar-refractivity contribution is -0.142. The molecule has 1 aromatic carbocycles. The second-order valence-electron chi connectivity index (χ2n) is 6.34. The smallest absolute Gasteiger partial charge is 0.327 e. The molecule has 0 bridgehead atoms. The molecule has 2 aromatic rings. The molecule has 1 unspecified atom stereocenters. The Morgan fingerprint density at radius 3 is 2.38 bits per heavy atom. The summed E-state index contributed by atoms with van der Waals surface area (Å²) in [5.41, 5.74) is 0. The Labute approximate surface area is 170 Å². The van der Waals surface area contributed by atoms with Crippen LogP contribution < -0.4 is 5.32 Å². The predicted octanol–water partition coefficient (Wildman–Crippen LogP) is 2.20. The summed E-state index contributed by atoms with van der Waals surface area (Å²) in [7, 11) is 0. The maximum absolute atomic E-state index is 11.8. The Hall–Kier alpha value is -3.01. The number of carboxylic acids is 3. The monoisotopic (exact) mass is 422 g/mol. The van der Waals surface area contributed by atoms with Gasteiger partial charge in [0.1, 0.15) is 12.1 Å². The highest BCUT2D eigenvalue weighted by Gasteiger charge is 2.26. The molecule has 4 N–H and O–H groups in total. The highest BCUT2D eigenvalue weighted by molar-refractivity contribution is 7.99. The Morgan fingerprint density at radius 2 is 1.79 bits per heavy atom. The van der Waals surface area contributed by atoms with Crippen molar-refractivity contribution in [3.63, 3.8) is 0 Å². The Kier molecular flexibility index (Phi) is 7.66. The van der Waals surface area contributed by atoms with Gasteiger partial charge in [-0.05, 0) is 6.42 Å². The van der Waals surface area contributed by atoms with Gasteiger partial charge in [0.2, 0.25) is 5.91 Å². The molecule has 2 atom stereocenters. The van der Waals surface area contributed by atoms with E-state index in [-0.39, 0.29) is 25.0 Å². The number of thioether (sulfide) groups is 1. The Balaban J connectivity index is 2.38. The van der Waals surface area contributed by atoms with E-state index in [1.165, 1.54) is 4.57 Å². The Bertz CT molecular complexity index is 924. The van der Waals surface area contributed by atoms with Gasteiger partial charge in [0.15, 0.2) is 0 Å². The number of nitrogens with one attached hydrogen (secondary N) is 1. The number of fused-ring (bicyclic) bond motifs is 1. The third-order valence-electron chi connectivity index (χ3n) is 4.30. The van der Waals surface area contributed by atoms with Crippen molar-refractivity contribution in [1.29, 1.82) is 0 Å². The molecule has 0 aliphatic carbocycles. The van der Waals surface area contributed by atoms with Crippen molar-refractivity contribution in [2.45, 2.75) is 43.3 Å². The summed E-state index contributed by atoms with van der Waals surface area (Å²) in [6.07, 6.45) is 1.33. The number of hydrogen-bond donors (Lipinski definition) is 4. The number of amides is 1. The fourth-order valence-corrected chi connectivity index (χ4v) is 4.03. The minimum absolute atomic E-state index is 0.0135. The molecule has 1 heterocycles. The van der Waals surface area contributed by atoms with Crippen LogP contribution in [0, 0.1) is 0 Å². The zero-order valence-corrected chi connectivity index (χ0v) is 16.5. The van der Waals surface area contributed by atoms with Crippen LogP contribution in [0.3, 0.4) is 0 Å². The van der Waals surface area contributed by atoms with Gasteiger partial charge in [0.05, 0.1) is 5.03 Å². The minimum Gasteiger partial charge on any atom is -0.481 e. The van der Waals surface area contributed by atoms with Gasteiger partial charge >= 0.3 is 17.9 Å². The first-order chi connectivity index (χ1) is 13.7. The first kappa shape index (κ1) is 22.3. The van der Waals surface area contributed by atoms with Gasteiger partial charge in [0, 0.05) is 35.6 Å². The van der Waals surface area contributed by atoms with Crippen molar-refractivity contribution in [2.24, 2.45) is 0 Å². The molecule has 9 nitrogen and oxygen atoms in total. The zero-order chi connectivity index (χ0) is 21.6. The third kappa shape index (κ3) is 5.74.